The standard InChI is InChI=1S/C26H22N2O10S/c1-15(27-16-4-8-18(35-2)9-5-16)14-21(29)22-23(30)26(25-20(12-13-37-25)24(22)36-3)39(33,34)38-19-10-6-17(7-11-19)28(31)32/h4-14,27,30H,1-3H3/b15-14-. The van der Waals surface area contributed by atoms with Gasteiger partial charge in [-0.1, -0.05) is 0 Å². The molecular formula is C26H22N2O10S. The predicted molar refractivity (Wildman–Crippen MR) is 140 cm³/mol. The SMILES string of the molecule is COc1ccc(N/C(C)=C\C(=O)c2c(O)c(S(=O)(=O)Oc3ccc([N+](=O)[O-])cc3)c3occc3c2OC)cc1. The predicted octanol–water partition coefficient (Wildman–Crippen LogP) is 5.03. The van der Waals surface area contributed by atoms with Gasteiger partial charge in [-0.25, -0.2) is 0 Å². The van der Waals surface area contributed by atoms with Gasteiger partial charge in [0.2, 0.25) is 0 Å². The summed E-state index contributed by atoms with van der Waals surface area (Å²) in [5.41, 5.74) is 0.0100. The molecule has 0 radical (unpaired) electrons. The van der Waals surface area contributed by atoms with E-state index in [0.29, 0.717) is 17.1 Å². The number of ether oxygens (including phenoxy) is 2. The molecule has 0 amide bonds. The number of rotatable bonds is 10. The molecule has 13 heteroatoms. The summed E-state index contributed by atoms with van der Waals surface area (Å²) in [4.78, 5) is 22.8. The van der Waals surface area contributed by atoms with E-state index in [2.05, 4.69) is 5.32 Å². The van der Waals surface area contributed by atoms with Crippen LogP contribution in [-0.4, -0.2) is 38.5 Å². The summed E-state index contributed by atoms with van der Waals surface area (Å²) >= 11 is 0. The van der Waals surface area contributed by atoms with E-state index in [4.69, 9.17) is 18.1 Å². The van der Waals surface area contributed by atoms with Crippen molar-refractivity contribution < 1.29 is 41.3 Å². The Morgan fingerprint density at radius 1 is 1.03 bits per heavy atom. The van der Waals surface area contributed by atoms with Crippen LogP contribution in [0.2, 0.25) is 0 Å². The molecule has 2 N–H and O–H groups in total. The summed E-state index contributed by atoms with van der Waals surface area (Å²) in [6.45, 7) is 1.61. The molecule has 4 aromatic rings. The number of fused-ring (bicyclic) bond motifs is 1. The first kappa shape index (κ1) is 27.0. The Hall–Kier alpha value is -5.04. The van der Waals surface area contributed by atoms with E-state index in [1.54, 1.807) is 31.2 Å². The molecule has 0 aliphatic heterocycles. The summed E-state index contributed by atoms with van der Waals surface area (Å²) in [6, 6.07) is 12.6. The number of nitrogens with zero attached hydrogens (tertiary/aromatic N) is 1. The lowest BCUT2D eigenvalue weighted by atomic mass is 10.0. The number of hydrogen-bond donors (Lipinski definition) is 2. The first-order chi connectivity index (χ1) is 18.6. The third-order valence-electron chi connectivity index (χ3n) is 5.53. The van der Waals surface area contributed by atoms with Crippen molar-refractivity contribution in [3.05, 3.63) is 88.3 Å². The van der Waals surface area contributed by atoms with Crippen LogP contribution in [-0.2, 0) is 10.1 Å². The molecule has 0 aliphatic rings. The third-order valence-corrected chi connectivity index (χ3v) is 6.82. The largest absolute Gasteiger partial charge is 0.505 e. The number of phenolic OH excluding ortho intramolecular Hbond substituents is 1. The minimum Gasteiger partial charge on any atom is -0.505 e. The topological polar surface area (TPSA) is 167 Å². The molecule has 0 saturated heterocycles. The van der Waals surface area contributed by atoms with Gasteiger partial charge in [0.25, 0.3) is 5.69 Å². The van der Waals surface area contributed by atoms with E-state index in [9.17, 15) is 28.4 Å². The van der Waals surface area contributed by atoms with Crippen molar-refractivity contribution in [2.45, 2.75) is 11.8 Å². The zero-order valence-corrected chi connectivity index (χ0v) is 21.6. The second kappa shape index (κ2) is 10.8. The molecule has 0 atom stereocenters. The van der Waals surface area contributed by atoms with Crippen molar-refractivity contribution in [1.82, 2.24) is 0 Å². The Morgan fingerprint density at radius 3 is 2.26 bits per heavy atom. The Balaban J connectivity index is 1.76. The number of carbonyl (C=O) groups is 1. The van der Waals surface area contributed by atoms with Crippen molar-refractivity contribution in [1.29, 1.82) is 0 Å². The molecule has 0 saturated carbocycles. The summed E-state index contributed by atoms with van der Waals surface area (Å²) in [5.74, 6) is -1.44. The summed E-state index contributed by atoms with van der Waals surface area (Å²) in [7, 11) is -2.02. The number of nitro benzene ring substituents is 1. The molecule has 4 rings (SSSR count). The Bertz CT molecular complexity index is 1690. The number of methoxy groups -OCH3 is 2. The smallest absolute Gasteiger partial charge is 0.346 e. The number of anilines is 1. The van der Waals surface area contributed by atoms with Crippen molar-refractivity contribution in [2.24, 2.45) is 0 Å². The Kier molecular flexibility index (Phi) is 7.44. The number of nitrogens with one attached hydrogen (secondary N) is 1. The normalized spacial score (nSPS) is 11.7. The van der Waals surface area contributed by atoms with E-state index in [-0.39, 0.29) is 28.2 Å². The quantitative estimate of drug-likeness (QED) is 0.0887. The Morgan fingerprint density at radius 2 is 1.67 bits per heavy atom. The maximum atomic E-state index is 13.3. The van der Waals surface area contributed by atoms with Crippen LogP contribution in [0.3, 0.4) is 0 Å². The molecule has 12 nitrogen and oxygen atoms in total. The molecule has 0 bridgehead atoms. The molecule has 3 aromatic carbocycles. The molecule has 1 aromatic heterocycles. The lowest BCUT2D eigenvalue weighted by molar-refractivity contribution is -0.384. The second-order valence-electron chi connectivity index (χ2n) is 8.08. The second-order valence-corrected chi connectivity index (χ2v) is 9.57. The number of furan rings is 1. The molecule has 1 heterocycles. The lowest BCUT2D eigenvalue weighted by Crippen LogP contribution is -2.13. The van der Waals surface area contributed by atoms with Gasteiger partial charge in [0.1, 0.15) is 22.8 Å². The van der Waals surface area contributed by atoms with Gasteiger partial charge >= 0.3 is 10.1 Å². The minimum atomic E-state index is -4.81. The van der Waals surface area contributed by atoms with Crippen LogP contribution in [0.1, 0.15) is 17.3 Å². The number of ketones is 1. The van der Waals surface area contributed by atoms with Gasteiger partial charge in [0, 0.05) is 29.6 Å². The summed E-state index contributed by atoms with van der Waals surface area (Å²) < 4.78 is 47.5. The van der Waals surface area contributed by atoms with Crippen LogP contribution in [0.15, 0.2) is 81.9 Å². The average molecular weight is 555 g/mol. The van der Waals surface area contributed by atoms with Gasteiger partial charge in [-0.05, 0) is 49.4 Å². The molecule has 0 spiro atoms. The molecule has 0 aliphatic carbocycles. The fourth-order valence-corrected chi connectivity index (χ4v) is 4.97. The van der Waals surface area contributed by atoms with Gasteiger partial charge in [-0.15, -0.1) is 0 Å². The van der Waals surface area contributed by atoms with Crippen LogP contribution < -0.4 is 19.0 Å². The number of phenols is 1. The number of non-ortho nitro benzene ring substituents is 1. The zero-order valence-electron chi connectivity index (χ0n) is 20.8. The third kappa shape index (κ3) is 5.48. The molecule has 0 unspecified atom stereocenters. The summed E-state index contributed by atoms with van der Waals surface area (Å²) in [5, 5.41) is 25.1. The molecule has 39 heavy (non-hydrogen) atoms. The number of nitro groups is 1. The van der Waals surface area contributed by atoms with E-state index >= 15 is 0 Å². The first-order valence-corrected chi connectivity index (χ1v) is 12.6. The number of carbonyl (C=O) groups excluding carboxylic acids is 1. The van der Waals surface area contributed by atoms with Gasteiger partial charge in [-0.3, -0.25) is 14.9 Å². The monoisotopic (exact) mass is 554 g/mol. The van der Waals surface area contributed by atoms with E-state index in [1.807, 2.05) is 0 Å². The highest BCUT2D eigenvalue weighted by atomic mass is 32.2. The fourth-order valence-electron chi connectivity index (χ4n) is 3.80. The van der Waals surface area contributed by atoms with Crippen molar-refractivity contribution >= 4 is 38.2 Å². The van der Waals surface area contributed by atoms with Crippen LogP contribution in [0.4, 0.5) is 11.4 Å². The first-order valence-electron chi connectivity index (χ1n) is 11.2. The van der Waals surface area contributed by atoms with Crippen LogP contribution in [0, 0.1) is 10.1 Å². The lowest BCUT2D eigenvalue weighted by Gasteiger charge is -2.15. The fraction of sp³-hybridized carbons (Fsp3) is 0.115. The maximum absolute atomic E-state index is 13.3. The van der Waals surface area contributed by atoms with E-state index in [1.165, 1.54) is 26.4 Å². The van der Waals surface area contributed by atoms with E-state index in [0.717, 1.165) is 30.5 Å². The van der Waals surface area contributed by atoms with Crippen LogP contribution in [0.5, 0.6) is 23.0 Å². The molecular weight excluding hydrogens is 532 g/mol. The van der Waals surface area contributed by atoms with Gasteiger partial charge in [0.05, 0.1) is 30.8 Å². The maximum Gasteiger partial charge on any atom is 0.346 e. The van der Waals surface area contributed by atoms with Gasteiger partial charge < -0.3 is 28.5 Å². The molecule has 202 valence electrons. The number of hydrogen-bond acceptors (Lipinski definition) is 11. The van der Waals surface area contributed by atoms with Gasteiger partial charge in [0.15, 0.2) is 22.0 Å². The zero-order chi connectivity index (χ0) is 28.3. The van der Waals surface area contributed by atoms with Crippen molar-refractivity contribution in [3.8, 4) is 23.0 Å². The number of aromatic hydroxyl groups is 1. The van der Waals surface area contributed by atoms with Crippen LogP contribution in [0.25, 0.3) is 11.0 Å². The highest BCUT2D eigenvalue weighted by molar-refractivity contribution is 7.87. The van der Waals surface area contributed by atoms with Gasteiger partial charge in [-0.2, -0.15) is 8.42 Å². The van der Waals surface area contributed by atoms with Crippen LogP contribution >= 0.6 is 0 Å². The number of allylic oxidation sites excluding steroid dienone is 2. The Labute approximate surface area is 222 Å². The highest BCUT2D eigenvalue weighted by Crippen LogP contribution is 2.44. The van der Waals surface area contributed by atoms with E-state index < -0.39 is 37.0 Å². The highest BCUT2D eigenvalue weighted by Gasteiger charge is 2.34. The summed E-state index contributed by atoms with van der Waals surface area (Å²) in [6.07, 6.45) is 2.33. The minimum absolute atomic E-state index is 0.0960. The average Bonchev–Trinajstić information content (AvgIpc) is 3.37. The van der Waals surface area contributed by atoms with Crippen molar-refractivity contribution in [2.75, 3.05) is 19.5 Å². The molecule has 0 fully saturated rings. The van der Waals surface area contributed by atoms with Crippen molar-refractivity contribution in [3.63, 3.8) is 0 Å². The number of benzene rings is 3.